The number of benzene rings is 2. The summed E-state index contributed by atoms with van der Waals surface area (Å²) in [6.07, 6.45) is -0.127. The maximum atomic E-state index is 11.1. The van der Waals surface area contributed by atoms with E-state index in [9.17, 15) is 4.79 Å². The number of carbonyl (C=O) groups is 1. The van der Waals surface area contributed by atoms with Gasteiger partial charge in [0, 0.05) is 30.2 Å². The maximum absolute atomic E-state index is 11.1. The summed E-state index contributed by atoms with van der Waals surface area (Å²) in [7, 11) is 0. The van der Waals surface area contributed by atoms with Gasteiger partial charge in [0.05, 0.1) is 12.5 Å². The van der Waals surface area contributed by atoms with Crippen LogP contribution in [0.25, 0.3) is 0 Å². The van der Waals surface area contributed by atoms with Crippen LogP contribution < -0.4 is 23.7 Å². The van der Waals surface area contributed by atoms with Crippen LogP contribution >= 0.6 is 0 Å². The summed E-state index contributed by atoms with van der Waals surface area (Å²) in [6.45, 7) is 2.11. The van der Waals surface area contributed by atoms with Gasteiger partial charge in [-0.3, -0.25) is 4.79 Å². The van der Waals surface area contributed by atoms with E-state index in [-0.39, 0.29) is 24.8 Å². The van der Waals surface area contributed by atoms with Gasteiger partial charge in [-0.2, -0.15) is 0 Å². The Morgan fingerprint density at radius 2 is 1.83 bits per heavy atom. The van der Waals surface area contributed by atoms with Crippen molar-refractivity contribution in [1.29, 1.82) is 0 Å². The molecule has 0 amide bonds. The topological polar surface area (TPSA) is 63.2 Å². The highest BCUT2D eigenvalue weighted by molar-refractivity contribution is 5.69. The van der Waals surface area contributed by atoms with Gasteiger partial charge in [0.1, 0.15) is 23.4 Å². The summed E-state index contributed by atoms with van der Waals surface area (Å²) in [6, 6.07) is 9.22. The Balaban J connectivity index is 1.51. The zero-order valence-electron chi connectivity index (χ0n) is 12.9. The molecule has 2 atom stereocenters. The lowest BCUT2D eigenvalue weighted by molar-refractivity contribution is -0.131. The lowest BCUT2D eigenvalue weighted by Crippen LogP contribution is -2.23. The van der Waals surface area contributed by atoms with Crippen molar-refractivity contribution in [2.75, 3.05) is 13.4 Å². The van der Waals surface area contributed by atoms with Gasteiger partial charge in [-0.25, -0.2) is 0 Å². The molecule has 3 aliphatic rings. The molecule has 0 bridgehead atoms. The molecule has 3 aliphatic heterocycles. The van der Waals surface area contributed by atoms with Gasteiger partial charge in [-0.05, 0) is 18.2 Å². The quantitative estimate of drug-likeness (QED) is 0.593. The third-order valence-electron chi connectivity index (χ3n) is 4.50. The normalized spacial score (nSPS) is 21.9. The number of hydrogen-bond donors (Lipinski definition) is 0. The van der Waals surface area contributed by atoms with Gasteiger partial charge in [0.25, 0.3) is 0 Å². The Hall–Kier alpha value is -2.89. The van der Waals surface area contributed by atoms with Crippen LogP contribution in [-0.4, -0.2) is 19.4 Å². The minimum atomic E-state index is -0.359. The lowest BCUT2D eigenvalue weighted by atomic mass is 9.89. The molecular weight excluding hydrogens is 312 g/mol. The fraction of sp³-hybridized carbons (Fsp3) is 0.278. The standard InChI is InChI=1S/C18H14O6/c1-9(19)23-10-2-3-11-14(4-10)20-7-13-12-5-16-17(22-8-21-16)6-15(12)24-18(11)13/h2-6,13,18H,7-8H2,1H3/t13-,18+/m1/s1. The molecule has 0 spiro atoms. The van der Waals surface area contributed by atoms with Gasteiger partial charge in [0.15, 0.2) is 11.5 Å². The van der Waals surface area contributed by atoms with Gasteiger partial charge < -0.3 is 23.7 Å². The van der Waals surface area contributed by atoms with E-state index in [0.717, 1.165) is 22.6 Å². The second kappa shape index (κ2) is 4.80. The van der Waals surface area contributed by atoms with Gasteiger partial charge in [0.2, 0.25) is 6.79 Å². The van der Waals surface area contributed by atoms with Gasteiger partial charge in [-0.1, -0.05) is 0 Å². The molecule has 6 nitrogen and oxygen atoms in total. The highest BCUT2D eigenvalue weighted by Crippen LogP contribution is 2.54. The van der Waals surface area contributed by atoms with Gasteiger partial charge >= 0.3 is 5.97 Å². The highest BCUT2D eigenvalue weighted by atomic mass is 16.7. The summed E-state index contributed by atoms with van der Waals surface area (Å²) in [4.78, 5) is 11.1. The molecule has 0 aromatic heterocycles. The molecule has 2 aromatic rings. The Kier molecular flexibility index (Phi) is 2.71. The minimum Gasteiger partial charge on any atom is -0.492 e. The average molecular weight is 326 g/mol. The Morgan fingerprint density at radius 1 is 1.00 bits per heavy atom. The van der Waals surface area contributed by atoms with Crippen LogP contribution in [0.4, 0.5) is 0 Å². The zero-order chi connectivity index (χ0) is 16.3. The van der Waals surface area contributed by atoms with Crippen molar-refractivity contribution in [2.24, 2.45) is 0 Å². The summed E-state index contributed by atoms with van der Waals surface area (Å²) >= 11 is 0. The second-order valence-electron chi connectivity index (χ2n) is 5.99. The van der Waals surface area contributed by atoms with E-state index in [1.807, 2.05) is 18.2 Å². The summed E-state index contributed by atoms with van der Waals surface area (Å²) < 4.78 is 28.0. The molecule has 24 heavy (non-hydrogen) atoms. The minimum absolute atomic E-state index is 0.0987. The molecule has 0 N–H and O–H groups in total. The van der Waals surface area contributed by atoms with E-state index in [4.69, 9.17) is 23.7 Å². The molecule has 2 aromatic carbocycles. The van der Waals surface area contributed by atoms with E-state index < -0.39 is 0 Å². The summed E-state index contributed by atoms with van der Waals surface area (Å²) in [5.41, 5.74) is 2.01. The predicted octanol–water partition coefficient (Wildman–Crippen LogP) is 2.95. The molecular formula is C18H14O6. The lowest BCUT2D eigenvalue weighted by Gasteiger charge is -2.28. The Morgan fingerprint density at radius 3 is 2.67 bits per heavy atom. The van der Waals surface area contributed by atoms with Crippen LogP contribution in [0.3, 0.4) is 0 Å². The molecule has 3 heterocycles. The first-order chi connectivity index (χ1) is 11.7. The zero-order valence-corrected chi connectivity index (χ0v) is 12.9. The Labute approximate surface area is 137 Å². The van der Waals surface area contributed by atoms with Crippen LogP contribution in [0.15, 0.2) is 30.3 Å². The average Bonchev–Trinajstić information content (AvgIpc) is 3.15. The molecule has 0 fully saturated rings. The Bertz CT molecular complexity index is 859. The number of carbonyl (C=O) groups excluding carboxylic acids is 1. The molecule has 0 saturated carbocycles. The fourth-order valence-electron chi connectivity index (χ4n) is 3.45. The second-order valence-corrected chi connectivity index (χ2v) is 5.99. The maximum Gasteiger partial charge on any atom is 0.308 e. The van der Waals surface area contributed by atoms with Crippen molar-refractivity contribution in [3.63, 3.8) is 0 Å². The molecule has 0 unspecified atom stereocenters. The third kappa shape index (κ3) is 1.92. The van der Waals surface area contributed by atoms with Gasteiger partial charge in [-0.15, -0.1) is 0 Å². The predicted molar refractivity (Wildman–Crippen MR) is 81.9 cm³/mol. The van der Waals surface area contributed by atoms with E-state index in [1.54, 1.807) is 12.1 Å². The number of fused-ring (bicyclic) bond motifs is 6. The summed E-state index contributed by atoms with van der Waals surface area (Å²) in [5.74, 6) is 3.14. The third-order valence-corrected chi connectivity index (χ3v) is 4.50. The van der Waals surface area contributed by atoms with E-state index in [2.05, 4.69) is 0 Å². The van der Waals surface area contributed by atoms with E-state index >= 15 is 0 Å². The molecule has 0 aliphatic carbocycles. The number of ether oxygens (including phenoxy) is 5. The largest absolute Gasteiger partial charge is 0.492 e. The van der Waals surface area contributed by atoms with Crippen molar-refractivity contribution in [3.8, 4) is 28.7 Å². The fourth-order valence-corrected chi connectivity index (χ4v) is 3.45. The van der Waals surface area contributed by atoms with Crippen LogP contribution in [0.1, 0.15) is 30.1 Å². The number of hydrogen-bond acceptors (Lipinski definition) is 6. The van der Waals surface area contributed by atoms with Crippen LogP contribution in [0.2, 0.25) is 0 Å². The van der Waals surface area contributed by atoms with Crippen molar-refractivity contribution in [3.05, 3.63) is 41.5 Å². The first-order valence-corrected chi connectivity index (χ1v) is 7.74. The van der Waals surface area contributed by atoms with E-state index in [1.165, 1.54) is 6.92 Å². The van der Waals surface area contributed by atoms with Crippen LogP contribution in [-0.2, 0) is 4.79 Å². The number of rotatable bonds is 1. The first kappa shape index (κ1) is 13.5. The first-order valence-electron chi connectivity index (χ1n) is 7.74. The van der Waals surface area contributed by atoms with Crippen molar-refractivity contribution in [1.82, 2.24) is 0 Å². The molecule has 5 rings (SSSR count). The van der Waals surface area contributed by atoms with Crippen molar-refractivity contribution >= 4 is 5.97 Å². The van der Waals surface area contributed by atoms with Crippen LogP contribution in [0, 0.1) is 0 Å². The number of esters is 1. The SMILES string of the molecule is CC(=O)Oc1ccc2c(c1)OC[C@@H]1c3cc4c(cc3O[C@@H]21)OCO4. The highest BCUT2D eigenvalue weighted by Gasteiger charge is 2.42. The molecule has 122 valence electrons. The van der Waals surface area contributed by atoms with Crippen LogP contribution in [0.5, 0.6) is 28.7 Å². The van der Waals surface area contributed by atoms with Crippen molar-refractivity contribution < 1.29 is 28.5 Å². The monoisotopic (exact) mass is 326 g/mol. The van der Waals surface area contributed by atoms with E-state index in [0.29, 0.717) is 23.9 Å². The molecule has 0 saturated heterocycles. The van der Waals surface area contributed by atoms with Crippen molar-refractivity contribution in [2.45, 2.75) is 18.9 Å². The molecule has 6 heteroatoms. The smallest absolute Gasteiger partial charge is 0.308 e. The molecule has 0 radical (unpaired) electrons. The summed E-state index contributed by atoms with van der Waals surface area (Å²) in [5, 5.41) is 0.